The van der Waals surface area contributed by atoms with Crippen LogP contribution in [0.25, 0.3) is 0 Å². The quantitative estimate of drug-likeness (QED) is 0.606. The van der Waals surface area contributed by atoms with Crippen molar-refractivity contribution in [1.82, 2.24) is 9.97 Å². The Balaban J connectivity index is 2.18. The zero-order valence-corrected chi connectivity index (χ0v) is 10.7. The topological polar surface area (TPSA) is 55.3 Å². The molecule has 1 aromatic heterocycles. The Morgan fingerprint density at radius 1 is 1.67 bits per heavy atom. The van der Waals surface area contributed by atoms with E-state index in [9.17, 15) is 9.18 Å². The maximum atomic E-state index is 13.6. The molecular weight excluding hydrogens is 261 g/mol. The summed E-state index contributed by atoms with van der Waals surface area (Å²) in [7, 11) is 1.35. The second kappa shape index (κ2) is 5.48. The third kappa shape index (κ3) is 2.69. The zero-order valence-electron chi connectivity index (χ0n) is 9.90. The molecule has 2 heterocycles. The lowest BCUT2D eigenvalue weighted by Crippen LogP contribution is -2.40. The molecule has 98 valence electrons. The van der Waals surface area contributed by atoms with E-state index in [-0.39, 0.29) is 23.0 Å². The maximum Gasteiger partial charge on any atom is 0.310 e. The number of esters is 1. The van der Waals surface area contributed by atoms with Crippen molar-refractivity contribution >= 4 is 23.4 Å². The summed E-state index contributed by atoms with van der Waals surface area (Å²) in [5.74, 6) is -0.925. The number of hydrogen-bond acceptors (Lipinski definition) is 5. The van der Waals surface area contributed by atoms with E-state index in [0.717, 1.165) is 19.0 Å². The van der Waals surface area contributed by atoms with Gasteiger partial charge in [-0.1, -0.05) is 0 Å². The smallest absolute Gasteiger partial charge is 0.310 e. The second-order valence-electron chi connectivity index (χ2n) is 4.12. The molecule has 7 heteroatoms. The minimum atomic E-state index is -0.537. The van der Waals surface area contributed by atoms with Crippen molar-refractivity contribution in [2.24, 2.45) is 5.92 Å². The largest absolute Gasteiger partial charge is 0.469 e. The van der Waals surface area contributed by atoms with Crippen LogP contribution in [-0.2, 0) is 9.53 Å². The summed E-state index contributed by atoms with van der Waals surface area (Å²) in [6.45, 7) is 1.02. The van der Waals surface area contributed by atoms with Gasteiger partial charge in [0.05, 0.1) is 19.2 Å². The third-order valence-corrected chi connectivity index (χ3v) is 3.13. The first-order chi connectivity index (χ1) is 8.61. The van der Waals surface area contributed by atoms with E-state index < -0.39 is 5.82 Å². The van der Waals surface area contributed by atoms with Crippen LogP contribution in [0.15, 0.2) is 6.20 Å². The lowest BCUT2D eigenvalue weighted by atomic mass is 9.98. The number of hydrogen-bond donors (Lipinski definition) is 0. The number of rotatable bonds is 2. The van der Waals surface area contributed by atoms with Crippen LogP contribution < -0.4 is 4.90 Å². The van der Waals surface area contributed by atoms with Crippen LogP contribution in [0.2, 0.25) is 5.28 Å². The number of halogens is 2. The van der Waals surface area contributed by atoms with Gasteiger partial charge in [0.25, 0.3) is 0 Å². The maximum absolute atomic E-state index is 13.6. The molecule has 0 aromatic carbocycles. The van der Waals surface area contributed by atoms with Crippen molar-refractivity contribution in [3.05, 3.63) is 17.3 Å². The molecule has 2 rings (SSSR count). The molecule has 0 aliphatic carbocycles. The van der Waals surface area contributed by atoms with Crippen LogP contribution >= 0.6 is 11.6 Å². The van der Waals surface area contributed by atoms with Gasteiger partial charge in [-0.25, -0.2) is 9.37 Å². The van der Waals surface area contributed by atoms with Crippen LogP contribution in [0, 0.1) is 11.7 Å². The summed E-state index contributed by atoms with van der Waals surface area (Å²) in [4.78, 5) is 20.6. The highest BCUT2D eigenvalue weighted by Gasteiger charge is 2.28. The van der Waals surface area contributed by atoms with Gasteiger partial charge in [-0.2, -0.15) is 4.98 Å². The van der Waals surface area contributed by atoms with E-state index in [1.807, 2.05) is 0 Å². The van der Waals surface area contributed by atoms with Gasteiger partial charge in [-0.15, -0.1) is 0 Å². The number of carbonyl (C=O) groups excluding carboxylic acids is 1. The molecule has 1 aliphatic heterocycles. The van der Waals surface area contributed by atoms with Gasteiger partial charge in [-0.3, -0.25) is 4.79 Å². The molecule has 0 radical (unpaired) electrons. The standard InChI is InChI=1S/C11H13ClFN3O2/c1-18-10(17)7-3-2-4-16(6-7)9-8(13)5-14-11(12)15-9/h5,7H,2-4,6H2,1H3/t7-/m0/s1. The Labute approximate surface area is 109 Å². The fourth-order valence-corrected chi connectivity index (χ4v) is 2.22. The summed E-state index contributed by atoms with van der Waals surface area (Å²) in [5, 5.41) is -0.00779. The number of piperidine rings is 1. The molecular formula is C11H13ClFN3O2. The summed E-state index contributed by atoms with van der Waals surface area (Å²) in [6, 6.07) is 0. The predicted molar refractivity (Wildman–Crippen MR) is 64.0 cm³/mol. The molecule has 1 fully saturated rings. The van der Waals surface area contributed by atoms with E-state index in [1.165, 1.54) is 7.11 Å². The Bertz CT molecular complexity index is 458. The Morgan fingerprint density at radius 2 is 2.44 bits per heavy atom. The van der Waals surface area contributed by atoms with Crippen LogP contribution in [0.1, 0.15) is 12.8 Å². The number of carbonyl (C=O) groups is 1. The molecule has 0 unspecified atom stereocenters. The monoisotopic (exact) mass is 273 g/mol. The van der Waals surface area contributed by atoms with Crippen molar-refractivity contribution < 1.29 is 13.9 Å². The van der Waals surface area contributed by atoms with Crippen LogP contribution in [0.5, 0.6) is 0 Å². The molecule has 0 spiro atoms. The summed E-state index contributed by atoms with van der Waals surface area (Å²) < 4.78 is 18.3. The normalized spacial score (nSPS) is 19.7. The number of methoxy groups -OCH3 is 1. The molecule has 0 N–H and O–H groups in total. The van der Waals surface area contributed by atoms with Crippen LogP contribution in [0.4, 0.5) is 10.2 Å². The molecule has 5 nitrogen and oxygen atoms in total. The first-order valence-electron chi connectivity index (χ1n) is 5.62. The van der Waals surface area contributed by atoms with Gasteiger partial charge < -0.3 is 9.64 Å². The fourth-order valence-electron chi connectivity index (χ4n) is 2.09. The van der Waals surface area contributed by atoms with E-state index in [1.54, 1.807) is 4.90 Å². The van der Waals surface area contributed by atoms with Gasteiger partial charge in [0.15, 0.2) is 11.6 Å². The molecule has 1 saturated heterocycles. The van der Waals surface area contributed by atoms with Crippen molar-refractivity contribution in [3.8, 4) is 0 Å². The summed E-state index contributed by atoms with van der Waals surface area (Å²) in [6.07, 6.45) is 2.55. The summed E-state index contributed by atoms with van der Waals surface area (Å²) in [5.41, 5.74) is 0. The highest BCUT2D eigenvalue weighted by Crippen LogP contribution is 2.25. The SMILES string of the molecule is COC(=O)[C@H]1CCCN(c2nc(Cl)ncc2F)C1. The van der Waals surface area contributed by atoms with E-state index >= 15 is 0 Å². The van der Waals surface area contributed by atoms with E-state index in [0.29, 0.717) is 13.1 Å². The first kappa shape index (κ1) is 13.0. The van der Waals surface area contributed by atoms with Gasteiger partial charge in [-0.05, 0) is 24.4 Å². The average Bonchev–Trinajstić information content (AvgIpc) is 2.40. The third-order valence-electron chi connectivity index (χ3n) is 2.95. The lowest BCUT2D eigenvalue weighted by molar-refractivity contribution is -0.145. The number of nitrogens with zero attached hydrogens (tertiary/aromatic N) is 3. The van der Waals surface area contributed by atoms with Crippen LogP contribution in [0.3, 0.4) is 0 Å². The predicted octanol–water partition coefficient (Wildman–Crippen LogP) is 1.66. The molecule has 0 saturated carbocycles. The Kier molecular flexibility index (Phi) is 3.96. The second-order valence-corrected chi connectivity index (χ2v) is 4.46. The van der Waals surface area contributed by atoms with Crippen LogP contribution in [-0.4, -0.2) is 36.1 Å². The average molecular weight is 274 g/mol. The van der Waals surface area contributed by atoms with Crippen molar-refractivity contribution in [2.75, 3.05) is 25.1 Å². The van der Waals surface area contributed by atoms with Gasteiger partial charge >= 0.3 is 5.97 Å². The molecule has 1 aromatic rings. The van der Waals surface area contributed by atoms with Crippen molar-refractivity contribution in [3.63, 3.8) is 0 Å². The fraction of sp³-hybridized carbons (Fsp3) is 0.545. The minimum absolute atomic E-state index is 0.00779. The van der Waals surface area contributed by atoms with Gasteiger partial charge in [0.2, 0.25) is 5.28 Å². The number of anilines is 1. The highest BCUT2D eigenvalue weighted by molar-refractivity contribution is 6.28. The van der Waals surface area contributed by atoms with Crippen molar-refractivity contribution in [1.29, 1.82) is 0 Å². The molecule has 0 amide bonds. The Morgan fingerprint density at radius 3 is 3.17 bits per heavy atom. The number of aromatic nitrogens is 2. The molecule has 1 atom stereocenters. The highest BCUT2D eigenvalue weighted by atomic mass is 35.5. The Hall–Kier alpha value is -1.43. The zero-order chi connectivity index (χ0) is 13.1. The summed E-state index contributed by atoms with van der Waals surface area (Å²) >= 11 is 5.66. The molecule has 18 heavy (non-hydrogen) atoms. The van der Waals surface area contributed by atoms with E-state index in [4.69, 9.17) is 16.3 Å². The van der Waals surface area contributed by atoms with Crippen molar-refractivity contribution in [2.45, 2.75) is 12.8 Å². The van der Waals surface area contributed by atoms with E-state index in [2.05, 4.69) is 9.97 Å². The molecule has 1 aliphatic rings. The lowest BCUT2D eigenvalue weighted by Gasteiger charge is -2.32. The van der Waals surface area contributed by atoms with Gasteiger partial charge in [0.1, 0.15) is 0 Å². The molecule has 0 bridgehead atoms. The number of ether oxygens (including phenoxy) is 1. The minimum Gasteiger partial charge on any atom is -0.469 e. The van der Waals surface area contributed by atoms with Gasteiger partial charge in [0, 0.05) is 13.1 Å². The first-order valence-corrected chi connectivity index (χ1v) is 6.00.